The quantitative estimate of drug-likeness (QED) is 0.739. The Morgan fingerprint density at radius 3 is 2.08 bits per heavy atom. The highest BCUT2D eigenvalue weighted by molar-refractivity contribution is 6.00. The zero-order chi connectivity index (χ0) is 17.8. The summed E-state index contributed by atoms with van der Waals surface area (Å²) in [5.41, 5.74) is 1.94. The molecule has 1 N–H and O–H groups in total. The average molecular weight is 334 g/mol. The smallest absolute Gasteiger partial charge is 0.344 e. The highest BCUT2D eigenvalue weighted by atomic mass is 16.5. The molecule has 126 valence electrons. The highest BCUT2D eigenvalue weighted by Gasteiger charge is 2.24. The van der Waals surface area contributed by atoms with E-state index in [9.17, 15) is 9.59 Å². The van der Waals surface area contributed by atoms with Gasteiger partial charge in [-0.25, -0.2) is 9.89 Å². The molecule has 0 bridgehead atoms. The van der Waals surface area contributed by atoms with Crippen LogP contribution in [0.5, 0.6) is 0 Å². The molecule has 0 amide bonds. The largest absolute Gasteiger partial charge is 0.459 e. The molecule has 0 saturated heterocycles. The molecule has 1 aromatic heterocycles. The Labute approximate surface area is 145 Å². The summed E-state index contributed by atoms with van der Waals surface area (Å²) in [5, 5.41) is 6.63. The number of nitrogens with one attached hydrogen (secondary N) is 1. The number of carbonyl (C=O) groups is 1. The molecule has 0 spiro atoms. The van der Waals surface area contributed by atoms with Gasteiger partial charge >= 0.3 is 5.97 Å². The van der Waals surface area contributed by atoms with Crippen LogP contribution in [-0.4, -0.2) is 22.3 Å². The van der Waals surface area contributed by atoms with Gasteiger partial charge in [0.2, 0.25) is 0 Å². The Balaban J connectivity index is 2.31. The molecule has 25 heavy (non-hydrogen) atoms. The SMILES string of the molecule is CC(C)OC(=O)c1c(-c2ccccc2)c(-c2ccccc2)n[nH]c1=O. The predicted octanol–water partition coefficient (Wildman–Crippen LogP) is 3.67. The fourth-order valence-corrected chi connectivity index (χ4v) is 2.61. The molecule has 3 rings (SSSR count). The van der Waals surface area contributed by atoms with E-state index >= 15 is 0 Å². The zero-order valence-corrected chi connectivity index (χ0v) is 14.0. The fraction of sp³-hybridized carbons (Fsp3) is 0.150. The lowest BCUT2D eigenvalue weighted by Gasteiger charge is -2.14. The van der Waals surface area contributed by atoms with Gasteiger partial charge in [0, 0.05) is 11.1 Å². The Hall–Kier alpha value is -3.21. The van der Waals surface area contributed by atoms with Crippen LogP contribution >= 0.6 is 0 Å². The first-order chi connectivity index (χ1) is 12.1. The molecule has 2 aromatic carbocycles. The maximum Gasteiger partial charge on any atom is 0.344 e. The van der Waals surface area contributed by atoms with E-state index in [0.29, 0.717) is 11.3 Å². The topological polar surface area (TPSA) is 72.0 Å². The number of ether oxygens (including phenoxy) is 1. The third kappa shape index (κ3) is 3.50. The number of esters is 1. The van der Waals surface area contributed by atoms with E-state index in [2.05, 4.69) is 10.2 Å². The summed E-state index contributed by atoms with van der Waals surface area (Å²) < 4.78 is 5.28. The Morgan fingerprint density at radius 1 is 0.960 bits per heavy atom. The number of hydrogen-bond donors (Lipinski definition) is 1. The minimum absolute atomic E-state index is 0.0336. The van der Waals surface area contributed by atoms with Gasteiger partial charge in [0.05, 0.1) is 11.8 Å². The summed E-state index contributed by atoms with van der Waals surface area (Å²) in [7, 11) is 0. The lowest BCUT2D eigenvalue weighted by molar-refractivity contribution is 0.0376. The minimum atomic E-state index is -0.658. The van der Waals surface area contributed by atoms with E-state index in [0.717, 1.165) is 11.1 Å². The van der Waals surface area contributed by atoms with E-state index in [1.807, 2.05) is 60.7 Å². The van der Waals surface area contributed by atoms with Gasteiger partial charge in [0.25, 0.3) is 5.56 Å². The molecule has 0 radical (unpaired) electrons. The molecular weight excluding hydrogens is 316 g/mol. The Kier molecular flexibility index (Phi) is 4.75. The summed E-state index contributed by atoms with van der Waals surface area (Å²) in [6.07, 6.45) is -0.330. The van der Waals surface area contributed by atoms with Crippen LogP contribution in [0.3, 0.4) is 0 Å². The maximum absolute atomic E-state index is 12.6. The second kappa shape index (κ2) is 7.13. The number of H-pyrrole nitrogens is 1. The molecule has 3 aromatic rings. The minimum Gasteiger partial charge on any atom is -0.459 e. The van der Waals surface area contributed by atoms with Crippen molar-refractivity contribution >= 4 is 5.97 Å². The van der Waals surface area contributed by atoms with Gasteiger partial charge in [-0.3, -0.25) is 4.79 Å². The first-order valence-electron chi connectivity index (χ1n) is 8.02. The van der Waals surface area contributed by atoms with Gasteiger partial charge < -0.3 is 4.74 Å². The zero-order valence-electron chi connectivity index (χ0n) is 14.0. The number of hydrogen-bond acceptors (Lipinski definition) is 4. The van der Waals surface area contributed by atoms with Gasteiger partial charge in [-0.05, 0) is 19.4 Å². The van der Waals surface area contributed by atoms with Crippen molar-refractivity contribution < 1.29 is 9.53 Å². The second-order valence-electron chi connectivity index (χ2n) is 5.84. The second-order valence-corrected chi connectivity index (χ2v) is 5.84. The summed E-state index contributed by atoms with van der Waals surface area (Å²) in [5.74, 6) is -0.658. The van der Waals surface area contributed by atoms with E-state index in [-0.39, 0.29) is 11.7 Å². The van der Waals surface area contributed by atoms with Crippen molar-refractivity contribution in [1.29, 1.82) is 0 Å². The third-order valence-corrected chi connectivity index (χ3v) is 3.64. The average Bonchev–Trinajstić information content (AvgIpc) is 2.62. The predicted molar refractivity (Wildman–Crippen MR) is 96.3 cm³/mol. The molecule has 1 heterocycles. The molecule has 0 atom stereocenters. The number of rotatable bonds is 4. The summed E-state index contributed by atoms with van der Waals surface area (Å²) in [6.45, 7) is 3.49. The molecule has 0 unspecified atom stereocenters. The maximum atomic E-state index is 12.6. The van der Waals surface area contributed by atoms with Crippen molar-refractivity contribution in [3.63, 3.8) is 0 Å². The van der Waals surface area contributed by atoms with Crippen molar-refractivity contribution in [2.75, 3.05) is 0 Å². The van der Waals surface area contributed by atoms with Gasteiger partial charge in [0.15, 0.2) is 0 Å². The standard InChI is InChI=1S/C20H18N2O3/c1-13(2)25-20(24)17-16(14-9-5-3-6-10-14)18(21-22-19(17)23)15-11-7-4-8-12-15/h3-13H,1-2H3,(H,22,23). The van der Waals surface area contributed by atoms with E-state index in [4.69, 9.17) is 4.74 Å². The van der Waals surface area contributed by atoms with Crippen molar-refractivity contribution in [3.05, 3.63) is 76.6 Å². The summed E-state index contributed by atoms with van der Waals surface area (Å²) in [4.78, 5) is 25.0. The molecule has 0 saturated carbocycles. The first kappa shape index (κ1) is 16.6. The molecule has 5 heteroatoms. The lowest BCUT2D eigenvalue weighted by atomic mass is 9.95. The van der Waals surface area contributed by atoms with E-state index < -0.39 is 11.5 Å². The monoisotopic (exact) mass is 334 g/mol. The molecule has 0 aliphatic rings. The van der Waals surface area contributed by atoms with Crippen LogP contribution in [0.25, 0.3) is 22.4 Å². The van der Waals surface area contributed by atoms with E-state index in [1.54, 1.807) is 13.8 Å². The van der Waals surface area contributed by atoms with Crippen molar-refractivity contribution in [3.8, 4) is 22.4 Å². The Morgan fingerprint density at radius 2 is 1.52 bits per heavy atom. The van der Waals surface area contributed by atoms with Crippen LogP contribution in [-0.2, 0) is 4.74 Å². The van der Waals surface area contributed by atoms with Crippen LogP contribution < -0.4 is 5.56 Å². The lowest BCUT2D eigenvalue weighted by Crippen LogP contribution is -2.25. The van der Waals surface area contributed by atoms with Gasteiger partial charge in [-0.1, -0.05) is 60.7 Å². The normalized spacial score (nSPS) is 10.7. The van der Waals surface area contributed by atoms with Crippen LogP contribution in [0.1, 0.15) is 24.2 Å². The van der Waals surface area contributed by atoms with E-state index in [1.165, 1.54) is 0 Å². The fourth-order valence-electron chi connectivity index (χ4n) is 2.61. The van der Waals surface area contributed by atoms with Crippen LogP contribution in [0, 0.1) is 0 Å². The highest BCUT2D eigenvalue weighted by Crippen LogP contribution is 2.31. The number of aromatic nitrogens is 2. The molecule has 0 aliphatic heterocycles. The number of aromatic amines is 1. The summed E-state index contributed by atoms with van der Waals surface area (Å²) in [6, 6.07) is 18.7. The van der Waals surface area contributed by atoms with Gasteiger partial charge in [-0.2, -0.15) is 5.10 Å². The van der Waals surface area contributed by atoms with Gasteiger partial charge in [0.1, 0.15) is 5.56 Å². The first-order valence-corrected chi connectivity index (χ1v) is 8.02. The van der Waals surface area contributed by atoms with Crippen molar-refractivity contribution in [2.45, 2.75) is 20.0 Å². The molecule has 5 nitrogen and oxygen atoms in total. The third-order valence-electron chi connectivity index (χ3n) is 3.64. The van der Waals surface area contributed by atoms with Crippen LogP contribution in [0.15, 0.2) is 65.5 Å². The Bertz CT molecular complexity index is 932. The number of carbonyl (C=O) groups excluding carboxylic acids is 1. The number of benzene rings is 2. The molecule has 0 aliphatic carbocycles. The van der Waals surface area contributed by atoms with Crippen molar-refractivity contribution in [1.82, 2.24) is 10.2 Å². The van der Waals surface area contributed by atoms with Crippen LogP contribution in [0.2, 0.25) is 0 Å². The van der Waals surface area contributed by atoms with Crippen LogP contribution in [0.4, 0.5) is 0 Å². The van der Waals surface area contributed by atoms with Crippen molar-refractivity contribution in [2.24, 2.45) is 0 Å². The number of nitrogens with zero attached hydrogens (tertiary/aromatic N) is 1. The molecular formula is C20H18N2O3. The van der Waals surface area contributed by atoms with Gasteiger partial charge in [-0.15, -0.1) is 0 Å². The molecule has 0 fully saturated rings. The summed E-state index contributed by atoms with van der Waals surface area (Å²) >= 11 is 0.